The van der Waals surface area contributed by atoms with Crippen LogP contribution in [0.5, 0.6) is 0 Å². The summed E-state index contributed by atoms with van der Waals surface area (Å²) in [6, 6.07) is 10.3. The monoisotopic (exact) mass is 325 g/mol. The van der Waals surface area contributed by atoms with Crippen LogP contribution in [0.15, 0.2) is 42.7 Å². The number of rotatable bonds is 4. The topological polar surface area (TPSA) is 47.4 Å². The third-order valence-electron chi connectivity index (χ3n) is 5.18. The van der Waals surface area contributed by atoms with E-state index in [2.05, 4.69) is 17.2 Å². The average Bonchev–Trinajstić information content (AvgIpc) is 3.22. The zero-order valence-electron chi connectivity index (χ0n) is 13.9. The van der Waals surface area contributed by atoms with Crippen molar-refractivity contribution in [2.45, 2.75) is 32.4 Å². The summed E-state index contributed by atoms with van der Waals surface area (Å²) in [5.41, 5.74) is 2.51. The summed E-state index contributed by atoms with van der Waals surface area (Å²) in [5, 5.41) is 4.45. The van der Waals surface area contributed by atoms with Gasteiger partial charge >= 0.3 is 0 Å². The molecular formula is C19H23N3O2. The van der Waals surface area contributed by atoms with Gasteiger partial charge in [0, 0.05) is 43.3 Å². The van der Waals surface area contributed by atoms with Gasteiger partial charge in [-0.1, -0.05) is 30.3 Å². The Kier molecular flexibility index (Phi) is 4.10. The Morgan fingerprint density at radius 2 is 2.00 bits per heavy atom. The molecule has 2 saturated heterocycles. The van der Waals surface area contributed by atoms with Crippen LogP contribution in [0.4, 0.5) is 0 Å². The number of carbonyl (C=O) groups is 1. The van der Waals surface area contributed by atoms with E-state index in [9.17, 15) is 4.79 Å². The molecule has 0 N–H and O–H groups in total. The molecule has 3 heterocycles. The van der Waals surface area contributed by atoms with E-state index in [4.69, 9.17) is 4.74 Å². The number of piperidine rings is 1. The number of hydrogen-bond acceptors (Lipinski definition) is 3. The van der Waals surface area contributed by atoms with Crippen LogP contribution in [-0.4, -0.2) is 40.3 Å². The van der Waals surface area contributed by atoms with Gasteiger partial charge in [-0.2, -0.15) is 5.10 Å². The van der Waals surface area contributed by atoms with Gasteiger partial charge in [0.2, 0.25) is 5.91 Å². The van der Waals surface area contributed by atoms with Crippen LogP contribution in [0.3, 0.4) is 0 Å². The standard InChI is InChI=1S/C19H23N3O2/c23-18-6-7-19(8-9-24-15-19)14-21(18)11-17-10-20-22(13-17)12-16-4-2-1-3-5-16/h1-5,10,13H,6-9,11-12,14-15H2/t19-/m0/s1. The lowest BCUT2D eigenvalue weighted by molar-refractivity contribution is -0.138. The van der Waals surface area contributed by atoms with E-state index in [0.717, 1.165) is 44.7 Å². The van der Waals surface area contributed by atoms with E-state index >= 15 is 0 Å². The molecule has 2 aliphatic heterocycles. The largest absolute Gasteiger partial charge is 0.381 e. The van der Waals surface area contributed by atoms with E-state index in [1.54, 1.807) is 0 Å². The van der Waals surface area contributed by atoms with Gasteiger partial charge in [-0.3, -0.25) is 9.48 Å². The van der Waals surface area contributed by atoms with Gasteiger partial charge in [0.15, 0.2) is 0 Å². The molecule has 1 aromatic carbocycles. The van der Waals surface area contributed by atoms with Crippen molar-refractivity contribution in [2.75, 3.05) is 19.8 Å². The van der Waals surface area contributed by atoms with Crippen LogP contribution in [0.2, 0.25) is 0 Å². The van der Waals surface area contributed by atoms with Crippen molar-refractivity contribution in [3.05, 3.63) is 53.9 Å². The van der Waals surface area contributed by atoms with E-state index in [0.29, 0.717) is 13.0 Å². The maximum atomic E-state index is 12.3. The van der Waals surface area contributed by atoms with Crippen molar-refractivity contribution in [3.63, 3.8) is 0 Å². The highest BCUT2D eigenvalue weighted by Gasteiger charge is 2.41. The van der Waals surface area contributed by atoms with E-state index < -0.39 is 0 Å². The fraction of sp³-hybridized carbons (Fsp3) is 0.474. The maximum Gasteiger partial charge on any atom is 0.222 e. The molecule has 126 valence electrons. The van der Waals surface area contributed by atoms with E-state index in [-0.39, 0.29) is 11.3 Å². The molecule has 2 aromatic rings. The molecule has 5 nitrogen and oxygen atoms in total. The molecule has 0 aliphatic carbocycles. The van der Waals surface area contributed by atoms with Crippen LogP contribution >= 0.6 is 0 Å². The van der Waals surface area contributed by atoms with Gasteiger partial charge in [-0.15, -0.1) is 0 Å². The summed E-state index contributed by atoms with van der Waals surface area (Å²) in [4.78, 5) is 14.3. The minimum atomic E-state index is 0.188. The number of likely N-dealkylation sites (tertiary alicyclic amines) is 1. The second-order valence-electron chi connectivity index (χ2n) is 7.08. The number of amides is 1. The SMILES string of the molecule is O=C1CC[C@]2(CCOC2)CN1Cc1cnn(Cc2ccccc2)c1. The Bertz CT molecular complexity index is 704. The predicted octanol–water partition coefficient (Wildman–Crippen LogP) is 2.46. The van der Waals surface area contributed by atoms with E-state index in [1.807, 2.05) is 40.2 Å². The van der Waals surface area contributed by atoms with Crippen LogP contribution in [0.1, 0.15) is 30.4 Å². The number of ether oxygens (including phenoxy) is 1. The first-order valence-electron chi connectivity index (χ1n) is 8.63. The lowest BCUT2D eigenvalue weighted by atomic mass is 9.79. The first kappa shape index (κ1) is 15.4. The fourth-order valence-corrected chi connectivity index (χ4v) is 3.78. The minimum Gasteiger partial charge on any atom is -0.381 e. The highest BCUT2D eigenvalue weighted by Crippen LogP contribution is 2.38. The molecular weight excluding hydrogens is 302 g/mol. The molecule has 4 rings (SSSR count). The summed E-state index contributed by atoms with van der Waals surface area (Å²) < 4.78 is 7.53. The van der Waals surface area contributed by atoms with Crippen LogP contribution < -0.4 is 0 Å². The lowest BCUT2D eigenvalue weighted by Gasteiger charge is -2.39. The van der Waals surface area contributed by atoms with Crippen LogP contribution in [-0.2, 0) is 22.6 Å². The van der Waals surface area contributed by atoms with Crippen LogP contribution in [0, 0.1) is 5.41 Å². The van der Waals surface area contributed by atoms with Gasteiger partial charge in [-0.05, 0) is 18.4 Å². The molecule has 0 saturated carbocycles. The van der Waals surface area contributed by atoms with Crippen molar-refractivity contribution in [1.82, 2.24) is 14.7 Å². The minimum absolute atomic E-state index is 0.188. The Hall–Kier alpha value is -2.14. The number of carbonyl (C=O) groups excluding carboxylic acids is 1. The molecule has 1 aromatic heterocycles. The van der Waals surface area contributed by atoms with Gasteiger partial charge in [0.05, 0.1) is 19.3 Å². The molecule has 1 atom stereocenters. The van der Waals surface area contributed by atoms with Gasteiger partial charge < -0.3 is 9.64 Å². The van der Waals surface area contributed by atoms with Gasteiger partial charge in [0.25, 0.3) is 0 Å². The Balaban J connectivity index is 1.42. The third kappa shape index (κ3) is 3.22. The second-order valence-corrected chi connectivity index (χ2v) is 7.08. The van der Waals surface area contributed by atoms with Crippen LogP contribution in [0.25, 0.3) is 0 Å². The summed E-state index contributed by atoms with van der Waals surface area (Å²) in [6.45, 7) is 3.85. The number of hydrogen-bond donors (Lipinski definition) is 0. The lowest BCUT2D eigenvalue weighted by Crippen LogP contribution is -2.46. The molecule has 24 heavy (non-hydrogen) atoms. The second kappa shape index (κ2) is 6.40. The summed E-state index contributed by atoms with van der Waals surface area (Å²) in [6.07, 6.45) is 6.61. The average molecular weight is 325 g/mol. The predicted molar refractivity (Wildman–Crippen MR) is 90.3 cm³/mol. The van der Waals surface area contributed by atoms with Crippen molar-refractivity contribution in [3.8, 4) is 0 Å². The smallest absolute Gasteiger partial charge is 0.222 e. The Labute approximate surface area is 142 Å². The first-order valence-corrected chi connectivity index (χ1v) is 8.63. The Morgan fingerprint density at radius 3 is 2.79 bits per heavy atom. The number of nitrogens with zero attached hydrogens (tertiary/aromatic N) is 3. The molecule has 1 amide bonds. The zero-order valence-corrected chi connectivity index (χ0v) is 13.9. The highest BCUT2D eigenvalue weighted by molar-refractivity contribution is 5.77. The first-order chi connectivity index (χ1) is 11.7. The molecule has 0 bridgehead atoms. The number of benzene rings is 1. The zero-order chi connectivity index (χ0) is 16.4. The summed E-state index contributed by atoms with van der Waals surface area (Å²) in [7, 11) is 0. The third-order valence-corrected chi connectivity index (χ3v) is 5.18. The molecule has 2 aliphatic rings. The molecule has 5 heteroatoms. The fourth-order valence-electron chi connectivity index (χ4n) is 3.78. The number of aromatic nitrogens is 2. The van der Waals surface area contributed by atoms with Crippen molar-refractivity contribution < 1.29 is 9.53 Å². The van der Waals surface area contributed by atoms with Crippen molar-refractivity contribution in [1.29, 1.82) is 0 Å². The maximum absolute atomic E-state index is 12.3. The summed E-state index contributed by atoms with van der Waals surface area (Å²) in [5.74, 6) is 0.253. The van der Waals surface area contributed by atoms with Crippen molar-refractivity contribution in [2.24, 2.45) is 5.41 Å². The normalized spacial score (nSPS) is 24.0. The van der Waals surface area contributed by atoms with E-state index in [1.165, 1.54) is 5.56 Å². The highest BCUT2D eigenvalue weighted by atomic mass is 16.5. The van der Waals surface area contributed by atoms with Gasteiger partial charge in [-0.25, -0.2) is 0 Å². The van der Waals surface area contributed by atoms with Gasteiger partial charge in [0.1, 0.15) is 0 Å². The molecule has 1 spiro atoms. The Morgan fingerprint density at radius 1 is 1.12 bits per heavy atom. The molecule has 0 radical (unpaired) electrons. The van der Waals surface area contributed by atoms with Crippen molar-refractivity contribution >= 4 is 5.91 Å². The molecule has 2 fully saturated rings. The molecule has 0 unspecified atom stereocenters. The summed E-state index contributed by atoms with van der Waals surface area (Å²) >= 11 is 0. The quantitative estimate of drug-likeness (QED) is 0.867.